The van der Waals surface area contributed by atoms with Gasteiger partial charge in [0.25, 0.3) is 0 Å². The van der Waals surface area contributed by atoms with Crippen LogP contribution in [0.25, 0.3) is 0 Å². The van der Waals surface area contributed by atoms with Crippen molar-refractivity contribution in [1.82, 2.24) is 5.32 Å². The molecule has 2 atom stereocenters. The highest BCUT2D eigenvalue weighted by Gasteiger charge is 2.23. The molecule has 0 saturated carbocycles. The first-order valence-electron chi connectivity index (χ1n) is 8.91. The van der Waals surface area contributed by atoms with E-state index >= 15 is 0 Å². The SMILES string of the molecule is CCC(COC)CC1NC(C)=NC(Nc2ccc(OC)cc2C)=C1C. The molecule has 0 spiro atoms. The summed E-state index contributed by atoms with van der Waals surface area (Å²) in [5.41, 5.74) is 3.42. The van der Waals surface area contributed by atoms with Gasteiger partial charge in [0.2, 0.25) is 0 Å². The third-order valence-electron chi connectivity index (χ3n) is 4.79. The van der Waals surface area contributed by atoms with Crippen LogP contribution in [-0.2, 0) is 4.74 Å². The smallest absolute Gasteiger partial charge is 0.133 e. The van der Waals surface area contributed by atoms with Crippen LogP contribution >= 0.6 is 0 Å². The van der Waals surface area contributed by atoms with E-state index < -0.39 is 0 Å². The minimum Gasteiger partial charge on any atom is -0.497 e. The van der Waals surface area contributed by atoms with Crippen LogP contribution in [0.4, 0.5) is 5.69 Å². The van der Waals surface area contributed by atoms with E-state index in [1.165, 1.54) is 5.57 Å². The number of amidine groups is 1. The number of methoxy groups -OCH3 is 2. The van der Waals surface area contributed by atoms with Gasteiger partial charge in [0.1, 0.15) is 17.4 Å². The number of anilines is 1. The number of rotatable bonds is 8. The van der Waals surface area contributed by atoms with Gasteiger partial charge in [0.15, 0.2) is 0 Å². The van der Waals surface area contributed by atoms with Crippen LogP contribution in [-0.4, -0.2) is 32.7 Å². The Bertz CT molecular complexity index is 652. The van der Waals surface area contributed by atoms with E-state index in [1.807, 2.05) is 25.1 Å². The van der Waals surface area contributed by atoms with E-state index in [2.05, 4.69) is 36.4 Å². The fraction of sp³-hybridized carbons (Fsp3) is 0.550. The Morgan fingerprint density at radius 1 is 1.24 bits per heavy atom. The van der Waals surface area contributed by atoms with E-state index in [9.17, 15) is 0 Å². The van der Waals surface area contributed by atoms with Gasteiger partial charge < -0.3 is 20.1 Å². The van der Waals surface area contributed by atoms with Crippen molar-refractivity contribution >= 4 is 11.5 Å². The number of nitrogens with zero attached hydrogens (tertiary/aromatic N) is 1. The number of aliphatic imine (C=N–C) groups is 1. The van der Waals surface area contributed by atoms with Gasteiger partial charge in [0, 0.05) is 19.4 Å². The molecule has 5 nitrogen and oxygen atoms in total. The van der Waals surface area contributed by atoms with Crippen molar-refractivity contribution in [3.63, 3.8) is 0 Å². The topological polar surface area (TPSA) is 54.9 Å². The number of hydrogen-bond donors (Lipinski definition) is 2. The van der Waals surface area contributed by atoms with Crippen molar-refractivity contribution in [3.8, 4) is 5.75 Å². The second-order valence-corrected chi connectivity index (χ2v) is 6.70. The summed E-state index contributed by atoms with van der Waals surface area (Å²) < 4.78 is 10.6. The Labute approximate surface area is 151 Å². The van der Waals surface area contributed by atoms with Crippen molar-refractivity contribution in [2.24, 2.45) is 10.9 Å². The largest absolute Gasteiger partial charge is 0.497 e. The van der Waals surface area contributed by atoms with E-state index in [4.69, 9.17) is 9.47 Å². The van der Waals surface area contributed by atoms with Gasteiger partial charge in [-0.1, -0.05) is 13.3 Å². The Kier molecular flexibility index (Phi) is 6.88. The molecule has 1 aliphatic rings. The molecule has 0 aromatic heterocycles. The first-order chi connectivity index (χ1) is 12.0. The summed E-state index contributed by atoms with van der Waals surface area (Å²) in [7, 11) is 3.45. The number of aryl methyl sites for hydroxylation is 1. The van der Waals surface area contributed by atoms with E-state index in [0.29, 0.717) is 5.92 Å². The van der Waals surface area contributed by atoms with Crippen molar-refractivity contribution in [3.05, 3.63) is 35.2 Å². The average Bonchev–Trinajstić information content (AvgIpc) is 2.59. The Hall–Kier alpha value is -2.01. The molecule has 0 saturated heterocycles. The molecule has 0 aliphatic carbocycles. The minimum absolute atomic E-state index is 0.277. The molecule has 1 aromatic rings. The van der Waals surface area contributed by atoms with Gasteiger partial charge in [-0.3, -0.25) is 0 Å². The van der Waals surface area contributed by atoms with Crippen LogP contribution in [0.1, 0.15) is 39.2 Å². The second kappa shape index (κ2) is 8.90. The van der Waals surface area contributed by atoms with Crippen molar-refractivity contribution < 1.29 is 9.47 Å². The molecule has 0 bridgehead atoms. The summed E-state index contributed by atoms with van der Waals surface area (Å²) in [6.45, 7) is 9.24. The normalized spacial score (nSPS) is 18.5. The zero-order valence-corrected chi connectivity index (χ0v) is 16.3. The number of hydrogen-bond acceptors (Lipinski definition) is 5. The van der Waals surface area contributed by atoms with Gasteiger partial charge >= 0.3 is 0 Å². The molecule has 1 aliphatic heterocycles. The second-order valence-electron chi connectivity index (χ2n) is 6.70. The minimum atomic E-state index is 0.277. The summed E-state index contributed by atoms with van der Waals surface area (Å²) in [6, 6.07) is 6.31. The highest BCUT2D eigenvalue weighted by Crippen LogP contribution is 2.27. The van der Waals surface area contributed by atoms with Crippen LogP contribution in [0, 0.1) is 12.8 Å². The maximum Gasteiger partial charge on any atom is 0.133 e. The summed E-state index contributed by atoms with van der Waals surface area (Å²) >= 11 is 0. The summed E-state index contributed by atoms with van der Waals surface area (Å²) in [6.07, 6.45) is 2.14. The van der Waals surface area contributed by atoms with Crippen molar-refractivity contribution in [1.29, 1.82) is 0 Å². The first-order valence-corrected chi connectivity index (χ1v) is 8.91. The van der Waals surface area contributed by atoms with Crippen LogP contribution in [0.15, 0.2) is 34.6 Å². The van der Waals surface area contributed by atoms with Crippen LogP contribution < -0.4 is 15.4 Å². The molecular formula is C20H31N3O2. The number of nitrogens with one attached hydrogen (secondary N) is 2. The highest BCUT2D eigenvalue weighted by molar-refractivity contribution is 5.83. The average molecular weight is 345 g/mol. The number of benzene rings is 1. The van der Waals surface area contributed by atoms with E-state index in [0.717, 1.165) is 48.1 Å². The molecule has 1 heterocycles. The van der Waals surface area contributed by atoms with Gasteiger partial charge in [-0.25, -0.2) is 4.99 Å². The monoisotopic (exact) mass is 345 g/mol. The summed E-state index contributed by atoms with van der Waals surface area (Å²) in [4.78, 5) is 4.68. The molecule has 138 valence electrons. The molecule has 0 amide bonds. The quantitative estimate of drug-likeness (QED) is 0.745. The van der Waals surface area contributed by atoms with Crippen LogP contribution in [0.3, 0.4) is 0 Å². The van der Waals surface area contributed by atoms with Crippen molar-refractivity contribution in [2.45, 2.75) is 46.6 Å². The Morgan fingerprint density at radius 2 is 2.00 bits per heavy atom. The van der Waals surface area contributed by atoms with Crippen molar-refractivity contribution in [2.75, 3.05) is 26.1 Å². The Morgan fingerprint density at radius 3 is 2.60 bits per heavy atom. The lowest BCUT2D eigenvalue weighted by Gasteiger charge is -2.30. The Balaban J connectivity index is 2.20. The lowest BCUT2D eigenvalue weighted by Crippen LogP contribution is -2.40. The lowest BCUT2D eigenvalue weighted by atomic mass is 9.93. The van der Waals surface area contributed by atoms with Gasteiger partial charge in [-0.15, -0.1) is 0 Å². The van der Waals surface area contributed by atoms with Gasteiger partial charge in [-0.2, -0.15) is 0 Å². The van der Waals surface area contributed by atoms with E-state index in [-0.39, 0.29) is 6.04 Å². The molecule has 2 N–H and O–H groups in total. The molecular weight excluding hydrogens is 314 g/mol. The molecule has 0 radical (unpaired) electrons. The highest BCUT2D eigenvalue weighted by atomic mass is 16.5. The first kappa shape index (κ1) is 19.3. The maximum absolute atomic E-state index is 5.36. The van der Waals surface area contributed by atoms with Gasteiger partial charge in [-0.05, 0) is 62.4 Å². The molecule has 25 heavy (non-hydrogen) atoms. The van der Waals surface area contributed by atoms with E-state index in [1.54, 1.807) is 14.2 Å². The third kappa shape index (κ3) is 4.98. The maximum atomic E-state index is 5.36. The predicted molar refractivity (Wildman–Crippen MR) is 104 cm³/mol. The molecule has 0 fully saturated rings. The third-order valence-corrected chi connectivity index (χ3v) is 4.79. The number of ether oxygens (including phenoxy) is 2. The predicted octanol–water partition coefficient (Wildman–Crippen LogP) is 4.10. The zero-order chi connectivity index (χ0) is 18.4. The summed E-state index contributed by atoms with van der Waals surface area (Å²) in [5.74, 6) is 3.27. The van der Waals surface area contributed by atoms with Crippen LogP contribution in [0.2, 0.25) is 0 Å². The molecule has 5 heteroatoms. The lowest BCUT2D eigenvalue weighted by molar-refractivity contribution is 0.142. The molecule has 2 unspecified atom stereocenters. The fourth-order valence-electron chi connectivity index (χ4n) is 3.13. The molecule has 2 rings (SSSR count). The fourth-order valence-corrected chi connectivity index (χ4v) is 3.13. The standard InChI is InChI=1S/C20H31N3O2/c1-7-16(12-24-5)11-19-14(3)20(22-15(4)21-19)23-18-9-8-17(25-6)10-13(18)2/h8-10,16,19,23H,7,11-12H2,1-6H3,(H,21,22). The zero-order valence-electron chi connectivity index (χ0n) is 16.3. The summed E-state index contributed by atoms with van der Waals surface area (Å²) in [5, 5.41) is 7.01. The van der Waals surface area contributed by atoms with Gasteiger partial charge in [0.05, 0.1) is 13.2 Å². The molecule has 1 aromatic carbocycles. The van der Waals surface area contributed by atoms with Crippen LogP contribution in [0.5, 0.6) is 5.75 Å².